The van der Waals surface area contributed by atoms with Crippen molar-refractivity contribution < 1.29 is 0 Å². The first-order chi connectivity index (χ1) is 8.06. The molecular formula is C14H19N3. The van der Waals surface area contributed by atoms with E-state index >= 15 is 0 Å². The Morgan fingerprint density at radius 1 is 1.29 bits per heavy atom. The maximum absolute atomic E-state index is 6.04. The molecule has 0 saturated carbocycles. The zero-order valence-electron chi connectivity index (χ0n) is 10.9. The SMILES string of the molecule is CCc1c(-c2cccc(C)c2C)nn(C)c1N. The van der Waals surface area contributed by atoms with Crippen LogP contribution in [0, 0.1) is 13.8 Å². The molecule has 0 atom stereocenters. The van der Waals surface area contributed by atoms with Crippen LogP contribution in [-0.2, 0) is 13.5 Å². The lowest BCUT2D eigenvalue weighted by Gasteiger charge is -2.07. The zero-order valence-corrected chi connectivity index (χ0v) is 10.9. The molecule has 0 aliphatic carbocycles. The summed E-state index contributed by atoms with van der Waals surface area (Å²) < 4.78 is 1.76. The van der Waals surface area contributed by atoms with Gasteiger partial charge in [0.05, 0.1) is 5.69 Å². The van der Waals surface area contributed by atoms with Crippen LogP contribution in [0.5, 0.6) is 0 Å². The maximum Gasteiger partial charge on any atom is 0.125 e. The Hall–Kier alpha value is -1.77. The summed E-state index contributed by atoms with van der Waals surface area (Å²) in [5.74, 6) is 0.767. The lowest BCUT2D eigenvalue weighted by atomic mass is 9.98. The normalized spacial score (nSPS) is 10.8. The van der Waals surface area contributed by atoms with Gasteiger partial charge in [-0.1, -0.05) is 25.1 Å². The van der Waals surface area contributed by atoms with Gasteiger partial charge < -0.3 is 5.73 Å². The van der Waals surface area contributed by atoms with Crippen LogP contribution in [0.15, 0.2) is 18.2 Å². The molecule has 3 nitrogen and oxygen atoms in total. The largest absolute Gasteiger partial charge is 0.384 e. The first kappa shape index (κ1) is 11.7. The maximum atomic E-state index is 6.04. The number of nitrogens with two attached hydrogens (primary N) is 1. The molecule has 2 aromatic rings. The Morgan fingerprint density at radius 2 is 2.00 bits per heavy atom. The van der Waals surface area contributed by atoms with Crippen molar-refractivity contribution in [1.29, 1.82) is 0 Å². The van der Waals surface area contributed by atoms with Crippen LogP contribution in [0.1, 0.15) is 23.6 Å². The van der Waals surface area contributed by atoms with Gasteiger partial charge in [-0.15, -0.1) is 0 Å². The monoisotopic (exact) mass is 229 g/mol. The average molecular weight is 229 g/mol. The molecule has 1 aromatic heterocycles. The first-order valence-corrected chi connectivity index (χ1v) is 5.94. The smallest absolute Gasteiger partial charge is 0.125 e. The molecule has 0 saturated heterocycles. The molecule has 0 radical (unpaired) electrons. The summed E-state index contributed by atoms with van der Waals surface area (Å²) in [6.07, 6.45) is 0.905. The molecule has 17 heavy (non-hydrogen) atoms. The molecule has 1 heterocycles. The topological polar surface area (TPSA) is 43.8 Å². The summed E-state index contributed by atoms with van der Waals surface area (Å²) in [4.78, 5) is 0. The summed E-state index contributed by atoms with van der Waals surface area (Å²) in [5.41, 5.74) is 12.0. The minimum Gasteiger partial charge on any atom is -0.384 e. The van der Waals surface area contributed by atoms with E-state index in [1.54, 1.807) is 4.68 Å². The van der Waals surface area contributed by atoms with Crippen molar-refractivity contribution in [2.45, 2.75) is 27.2 Å². The Kier molecular flexibility index (Phi) is 2.92. The van der Waals surface area contributed by atoms with E-state index in [9.17, 15) is 0 Å². The number of nitrogens with zero attached hydrogens (tertiary/aromatic N) is 2. The van der Waals surface area contributed by atoms with Gasteiger partial charge in [0.2, 0.25) is 0 Å². The number of aromatic nitrogens is 2. The predicted octanol–water partition coefficient (Wildman–Crippen LogP) is 2.85. The number of aryl methyl sites for hydroxylation is 2. The molecule has 0 fully saturated rings. The van der Waals surface area contributed by atoms with Crippen LogP contribution in [0.2, 0.25) is 0 Å². The van der Waals surface area contributed by atoms with Crippen LogP contribution < -0.4 is 5.73 Å². The van der Waals surface area contributed by atoms with Crippen LogP contribution in [0.25, 0.3) is 11.3 Å². The van der Waals surface area contributed by atoms with E-state index in [2.05, 4.69) is 44.1 Å². The standard InChI is InChI=1S/C14H19N3/c1-5-11-13(16-17(4)14(11)15)12-8-6-7-9(2)10(12)3/h6-8H,5,15H2,1-4H3. The third-order valence-corrected chi connectivity index (χ3v) is 3.41. The predicted molar refractivity (Wildman–Crippen MR) is 71.9 cm³/mol. The Morgan fingerprint density at radius 3 is 2.65 bits per heavy atom. The number of nitrogen functional groups attached to an aromatic ring is 1. The third kappa shape index (κ3) is 1.82. The summed E-state index contributed by atoms with van der Waals surface area (Å²) in [5, 5.41) is 4.54. The van der Waals surface area contributed by atoms with Gasteiger partial charge >= 0.3 is 0 Å². The van der Waals surface area contributed by atoms with E-state index in [0.29, 0.717) is 0 Å². The van der Waals surface area contributed by atoms with E-state index in [0.717, 1.165) is 23.5 Å². The van der Waals surface area contributed by atoms with E-state index in [1.807, 2.05) is 7.05 Å². The molecule has 2 N–H and O–H groups in total. The van der Waals surface area contributed by atoms with Crippen molar-refractivity contribution in [3.05, 3.63) is 34.9 Å². The molecule has 0 aliphatic heterocycles. The van der Waals surface area contributed by atoms with Crippen molar-refractivity contribution >= 4 is 5.82 Å². The molecule has 0 bridgehead atoms. The third-order valence-electron chi connectivity index (χ3n) is 3.41. The van der Waals surface area contributed by atoms with Gasteiger partial charge in [0, 0.05) is 18.2 Å². The van der Waals surface area contributed by atoms with Gasteiger partial charge in [0.25, 0.3) is 0 Å². The highest BCUT2D eigenvalue weighted by Crippen LogP contribution is 2.30. The first-order valence-electron chi connectivity index (χ1n) is 5.94. The number of benzene rings is 1. The molecule has 0 aliphatic rings. The van der Waals surface area contributed by atoms with Crippen molar-refractivity contribution in [2.75, 3.05) is 5.73 Å². The van der Waals surface area contributed by atoms with Crippen molar-refractivity contribution in [2.24, 2.45) is 7.05 Å². The number of anilines is 1. The van der Waals surface area contributed by atoms with Crippen LogP contribution >= 0.6 is 0 Å². The molecular weight excluding hydrogens is 210 g/mol. The lowest BCUT2D eigenvalue weighted by molar-refractivity contribution is 0.781. The minimum absolute atomic E-state index is 0.767. The summed E-state index contributed by atoms with van der Waals surface area (Å²) in [6, 6.07) is 6.31. The summed E-state index contributed by atoms with van der Waals surface area (Å²) in [6.45, 7) is 6.37. The highest BCUT2D eigenvalue weighted by Gasteiger charge is 2.15. The highest BCUT2D eigenvalue weighted by atomic mass is 15.3. The van der Waals surface area contributed by atoms with Crippen LogP contribution in [0.4, 0.5) is 5.82 Å². The van der Waals surface area contributed by atoms with Gasteiger partial charge in [-0.05, 0) is 31.4 Å². The van der Waals surface area contributed by atoms with Gasteiger partial charge in [0.1, 0.15) is 5.82 Å². The Bertz CT molecular complexity index is 553. The molecule has 0 amide bonds. The molecule has 90 valence electrons. The Balaban J connectivity index is 2.68. The molecule has 0 unspecified atom stereocenters. The second-order valence-electron chi connectivity index (χ2n) is 4.44. The van der Waals surface area contributed by atoms with Crippen LogP contribution in [0.3, 0.4) is 0 Å². The van der Waals surface area contributed by atoms with Gasteiger partial charge in [-0.3, -0.25) is 4.68 Å². The molecule has 1 aromatic carbocycles. The van der Waals surface area contributed by atoms with E-state index in [1.165, 1.54) is 16.7 Å². The van der Waals surface area contributed by atoms with Crippen molar-refractivity contribution in [3.8, 4) is 11.3 Å². The summed E-state index contributed by atoms with van der Waals surface area (Å²) >= 11 is 0. The van der Waals surface area contributed by atoms with Gasteiger partial charge in [-0.25, -0.2) is 0 Å². The second kappa shape index (κ2) is 4.24. The zero-order chi connectivity index (χ0) is 12.6. The van der Waals surface area contributed by atoms with Crippen molar-refractivity contribution in [1.82, 2.24) is 9.78 Å². The highest BCUT2D eigenvalue weighted by molar-refractivity contribution is 5.72. The van der Waals surface area contributed by atoms with Gasteiger partial charge in [-0.2, -0.15) is 5.10 Å². The number of hydrogen-bond acceptors (Lipinski definition) is 2. The fraction of sp³-hybridized carbons (Fsp3) is 0.357. The molecule has 2 rings (SSSR count). The summed E-state index contributed by atoms with van der Waals surface area (Å²) in [7, 11) is 1.89. The van der Waals surface area contributed by atoms with Crippen LogP contribution in [-0.4, -0.2) is 9.78 Å². The van der Waals surface area contributed by atoms with E-state index < -0.39 is 0 Å². The fourth-order valence-corrected chi connectivity index (χ4v) is 2.15. The van der Waals surface area contributed by atoms with E-state index in [-0.39, 0.29) is 0 Å². The second-order valence-corrected chi connectivity index (χ2v) is 4.44. The average Bonchev–Trinajstić information content (AvgIpc) is 2.59. The Labute approximate surface area is 102 Å². The van der Waals surface area contributed by atoms with E-state index in [4.69, 9.17) is 5.73 Å². The lowest BCUT2D eigenvalue weighted by Crippen LogP contribution is -1.98. The molecule has 0 spiro atoms. The number of rotatable bonds is 2. The van der Waals surface area contributed by atoms with Crippen molar-refractivity contribution in [3.63, 3.8) is 0 Å². The number of hydrogen-bond donors (Lipinski definition) is 1. The van der Waals surface area contributed by atoms with Gasteiger partial charge in [0.15, 0.2) is 0 Å². The molecule has 3 heteroatoms. The minimum atomic E-state index is 0.767. The fourth-order valence-electron chi connectivity index (χ4n) is 2.15. The quantitative estimate of drug-likeness (QED) is 0.860.